The lowest BCUT2D eigenvalue weighted by Crippen LogP contribution is -2.56. The van der Waals surface area contributed by atoms with Crippen LogP contribution in [-0.4, -0.2) is 59.1 Å². The van der Waals surface area contributed by atoms with Gasteiger partial charge < -0.3 is 15.0 Å². The molecule has 1 N–H and O–H groups in total. The molecule has 2 aliphatic heterocycles. The maximum atomic E-state index is 9.40. The monoisotopic (exact) mass is 443 g/mol. The quantitative estimate of drug-likeness (QED) is 0.655. The Kier molecular flexibility index (Phi) is 5.83. The van der Waals surface area contributed by atoms with Gasteiger partial charge in [0.2, 0.25) is 0 Å². The number of hydrogen-bond acceptors (Lipinski definition) is 8. The van der Waals surface area contributed by atoms with Crippen molar-refractivity contribution in [1.82, 2.24) is 20.1 Å². The van der Waals surface area contributed by atoms with Crippen LogP contribution in [0, 0.1) is 25.2 Å². The molecule has 2 atom stereocenters. The Morgan fingerprint density at radius 2 is 2.12 bits per heavy atom. The second-order valence-corrected chi connectivity index (χ2v) is 8.96. The van der Waals surface area contributed by atoms with Crippen molar-refractivity contribution < 1.29 is 4.74 Å². The van der Waals surface area contributed by atoms with E-state index in [2.05, 4.69) is 50.4 Å². The van der Waals surface area contributed by atoms with Crippen molar-refractivity contribution in [2.45, 2.75) is 39.3 Å². The van der Waals surface area contributed by atoms with E-state index < -0.39 is 0 Å². The number of ether oxygens (including phenoxy) is 1. The average molecular weight is 444 g/mol. The van der Waals surface area contributed by atoms with Gasteiger partial charge in [-0.2, -0.15) is 10.4 Å². The van der Waals surface area contributed by atoms with Crippen molar-refractivity contribution in [3.8, 4) is 6.07 Å². The van der Waals surface area contributed by atoms with Crippen LogP contribution in [0.5, 0.6) is 0 Å². The maximum absolute atomic E-state index is 9.40. The molecule has 4 heterocycles. The topological polar surface area (TPSA) is 90.2 Å². The van der Waals surface area contributed by atoms with E-state index in [0.717, 1.165) is 72.8 Å². The van der Waals surface area contributed by atoms with Gasteiger partial charge in [0.25, 0.3) is 0 Å². The Morgan fingerprint density at radius 1 is 1.24 bits per heavy atom. The van der Waals surface area contributed by atoms with Crippen molar-refractivity contribution >= 4 is 22.4 Å². The number of nitriles is 1. The van der Waals surface area contributed by atoms with E-state index in [9.17, 15) is 5.26 Å². The Balaban J connectivity index is 1.46. The second kappa shape index (κ2) is 8.93. The average Bonchev–Trinajstić information content (AvgIpc) is 2.85. The van der Waals surface area contributed by atoms with E-state index in [1.807, 2.05) is 32.2 Å². The van der Waals surface area contributed by atoms with Gasteiger partial charge in [0, 0.05) is 37.7 Å². The molecule has 2 saturated heterocycles. The predicted octanol–water partition coefficient (Wildman–Crippen LogP) is 3.55. The summed E-state index contributed by atoms with van der Waals surface area (Å²) < 4.78 is 5.62. The molecule has 8 nitrogen and oxygen atoms in total. The molecule has 33 heavy (non-hydrogen) atoms. The fourth-order valence-corrected chi connectivity index (χ4v) is 4.93. The Hall–Kier alpha value is -3.28. The number of aryl methyl sites for hydroxylation is 1. The van der Waals surface area contributed by atoms with Crippen LogP contribution < -0.4 is 10.2 Å². The zero-order valence-corrected chi connectivity index (χ0v) is 19.4. The molecular formula is C25H29N7O. The lowest BCUT2D eigenvalue weighted by Gasteiger charge is -2.44. The molecule has 2 fully saturated rings. The molecule has 170 valence electrons. The van der Waals surface area contributed by atoms with Crippen molar-refractivity contribution in [2.75, 3.05) is 43.2 Å². The third-order valence-electron chi connectivity index (χ3n) is 6.91. The molecule has 0 radical (unpaired) electrons. The molecule has 8 heteroatoms. The van der Waals surface area contributed by atoms with Gasteiger partial charge in [-0.25, -0.2) is 0 Å². The van der Waals surface area contributed by atoms with Crippen LogP contribution in [0.2, 0.25) is 0 Å². The first-order valence-corrected chi connectivity index (χ1v) is 11.5. The third-order valence-corrected chi connectivity index (χ3v) is 6.91. The van der Waals surface area contributed by atoms with E-state index >= 15 is 0 Å². The van der Waals surface area contributed by atoms with Crippen LogP contribution in [0.4, 0.5) is 11.5 Å². The highest BCUT2D eigenvalue weighted by atomic mass is 16.5. The molecule has 0 spiro atoms. The van der Waals surface area contributed by atoms with E-state index in [0.29, 0.717) is 17.4 Å². The summed E-state index contributed by atoms with van der Waals surface area (Å²) in [5, 5.41) is 22.7. The molecule has 0 aliphatic carbocycles. The molecule has 0 bridgehead atoms. The smallest absolute Gasteiger partial charge is 0.158 e. The zero-order chi connectivity index (χ0) is 22.9. The third kappa shape index (κ3) is 4.10. The molecule has 2 aliphatic rings. The standard InChI is InChI=1S/C25H29N7O/c1-16-19(12-26)5-4-6-22(16)17(2)28-25-23-11-21(13-27-24(23)18(3)29-30-25)31-8-9-32-15-33-10-7-20(32)14-31/h4-6,11,13,17,20H,7-10,14-15H2,1-3H3,(H,28,30)/t17-,20?/m1/s1. The minimum Gasteiger partial charge on any atom is -0.367 e. The summed E-state index contributed by atoms with van der Waals surface area (Å²) in [6.45, 7) is 10.5. The molecule has 0 amide bonds. The normalized spacial score (nSPS) is 19.7. The number of fused-ring (bicyclic) bond motifs is 2. The van der Waals surface area contributed by atoms with Crippen LogP contribution in [-0.2, 0) is 4.74 Å². The molecule has 2 aromatic heterocycles. The van der Waals surface area contributed by atoms with Gasteiger partial charge in [-0.1, -0.05) is 12.1 Å². The highest BCUT2D eigenvalue weighted by Crippen LogP contribution is 2.31. The van der Waals surface area contributed by atoms with Gasteiger partial charge in [0.15, 0.2) is 5.82 Å². The minimum atomic E-state index is -0.0343. The Bertz CT molecular complexity index is 1220. The number of rotatable bonds is 4. The molecule has 1 aromatic carbocycles. The summed E-state index contributed by atoms with van der Waals surface area (Å²) in [7, 11) is 0. The molecule has 3 aromatic rings. The van der Waals surface area contributed by atoms with Crippen molar-refractivity contribution in [1.29, 1.82) is 5.26 Å². The fraction of sp³-hybridized carbons (Fsp3) is 0.440. The Morgan fingerprint density at radius 3 is 2.97 bits per heavy atom. The zero-order valence-electron chi connectivity index (χ0n) is 19.4. The van der Waals surface area contributed by atoms with Gasteiger partial charge in [0.05, 0.1) is 47.5 Å². The second-order valence-electron chi connectivity index (χ2n) is 8.96. The summed E-state index contributed by atoms with van der Waals surface area (Å²) >= 11 is 0. The molecule has 1 unspecified atom stereocenters. The Labute approximate surface area is 194 Å². The summed E-state index contributed by atoms with van der Waals surface area (Å²) in [5.74, 6) is 0.712. The van der Waals surface area contributed by atoms with E-state index in [1.165, 1.54) is 0 Å². The minimum absolute atomic E-state index is 0.0343. The number of aromatic nitrogens is 3. The molecule has 5 rings (SSSR count). The molecule has 0 saturated carbocycles. The first-order valence-electron chi connectivity index (χ1n) is 11.5. The van der Waals surface area contributed by atoms with Crippen LogP contribution in [0.15, 0.2) is 30.5 Å². The van der Waals surface area contributed by atoms with Gasteiger partial charge in [0.1, 0.15) is 0 Å². The summed E-state index contributed by atoms with van der Waals surface area (Å²) in [5.41, 5.74) is 5.53. The summed E-state index contributed by atoms with van der Waals surface area (Å²) in [6, 6.07) is 10.8. The van der Waals surface area contributed by atoms with Crippen LogP contribution >= 0.6 is 0 Å². The first-order chi connectivity index (χ1) is 16.0. The number of anilines is 2. The SMILES string of the molecule is Cc1c(C#N)cccc1[C@@H](C)Nc1nnc(C)c2ncc(N3CCN4COCCC4C3)cc12. The number of benzene rings is 1. The largest absolute Gasteiger partial charge is 0.367 e. The number of nitrogens with one attached hydrogen (secondary N) is 1. The van der Waals surface area contributed by atoms with Gasteiger partial charge in [-0.15, -0.1) is 5.10 Å². The van der Waals surface area contributed by atoms with E-state index in [1.54, 1.807) is 0 Å². The number of piperazine rings is 1. The van der Waals surface area contributed by atoms with Crippen LogP contribution in [0.25, 0.3) is 10.9 Å². The first kappa shape index (κ1) is 21.6. The summed E-state index contributed by atoms with van der Waals surface area (Å²) in [6.07, 6.45) is 3.02. The van der Waals surface area contributed by atoms with Crippen molar-refractivity contribution in [3.05, 3.63) is 52.8 Å². The highest BCUT2D eigenvalue weighted by molar-refractivity contribution is 5.92. The number of nitrogens with zero attached hydrogens (tertiary/aromatic N) is 6. The van der Waals surface area contributed by atoms with Gasteiger partial charge in [-0.05, 0) is 50.5 Å². The summed E-state index contributed by atoms with van der Waals surface area (Å²) in [4.78, 5) is 9.63. The van der Waals surface area contributed by atoms with E-state index in [-0.39, 0.29) is 6.04 Å². The maximum Gasteiger partial charge on any atom is 0.158 e. The lowest BCUT2D eigenvalue weighted by molar-refractivity contribution is -0.0511. The van der Waals surface area contributed by atoms with Crippen molar-refractivity contribution in [2.24, 2.45) is 0 Å². The molecular weight excluding hydrogens is 414 g/mol. The highest BCUT2D eigenvalue weighted by Gasteiger charge is 2.30. The van der Waals surface area contributed by atoms with Crippen molar-refractivity contribution in [3.63, 3.8) is 0 Å². The van der Waals surface area contributed by atoms with Gasteiger partial charge >= 0.3 is 0 Å². The predicted molar refractivity (Wildman–Crippen MR) is 128 cm³/mol. The lowest BCUT2D eigenvalue weighted by atomic mass is 9.98. The van der Waals surface area contributed by atoms with E-state index in [4.69, 9.17) is 9.72 Å². The fourth-order valence-electron chi connectivity index (χ4n) is 4.93. The number of hydrogen-bond donors (Lipinski definition) is 1. The van der Waals surface area contributed by atoms with Gasteiger partial charge in [-0.3, -0.25) is 9.88 Å². The van der Waals surface area contributed by atoms with Crippen LogP contribution in [0.1, 0.15) is 41.8 Å². The number of pyridine rings is 1. The van der Waals surface area contributed by atoms with Crippen LogP contribution in [0.3, 0.4) is 0 Å².